The number of hydrazone groups is 1. The topological polar surface area (TPSA) is 115 Å². The maximum Gasteiger partial charge on any atom is 0.287 e. The second-order valence-electron chi connectivity index (χ2n) is 9.95. The number of aromatic nitrogens is 3. The van der Waals surface area contributed by atoms with Gasteiger partial charge in [0.1, 0.15) is 11.6 Å². The highest BCUT2D eigenvalue weighted by molar-refractivity contribution is 7.99. The lowest BCUT2D eigenvalue weighted by Crippen LogP contribution is -2.28. The van der Waals surface area contributed by atoms with Crippen LogP contribution in [0, 0.1) is 5.82 Å². The quantitative estimate of drug-likeness (QED) is 0.184. The third-order valence-corrected chi connectivity index (χ3v) is 8.24. The van der Waals surface area contributed by atoms with Crippen molar-refractivity contribution >= 4 is 40.9 Å². The van der Waals surface area contributed by atoms with E-state index in [2.05, 4.69) is 15.5 Å². The van der Waals surface area contributed by atoms with Crippen molar-refractivity contribution in [2.24, 2.45) is 5.10 Å². The Morgan fingerprint density at radius 2 is 1.87 bits per heavy atom. The SMILES string of the molecule is COc1ccc(C2=NN(C(=O)CSc3nnc(CNC(=O)c4ccco4)n3-c3cccc(Cl)c3)[C@H](c3ccc(F)cc3)C2)cc1. The molecule has 2 aromatic heterocycles. The van der Waals surface area contributed by atoms with Gasteiger partial charge in [-0.05, 0) is 77.9 Å². The minimum Gasteiger partial charge on any atom is -0.497 e. The molecule has 0 radical (unpaired) electrons. The zero-order valence-corrected chi connectivity index (χ0v) is 25.5. The second kappa shape index (κ2) is 13.4. The van der Waals surface area contributed by atoms with E-state index in [1.807, 2.05) is 30.3 Å². The number of carbonyl (C=O) groups excluding carboxylic acids is 2. The van der Waals surface area contributed by atoms with Gasteiger partial charge in [-0.1, -0.05) is 41.6 Å². The van der Waals surface area contributed by atoms with Gasteiger partial charge in [0.25, 0.3) is 11.8 Å². The summed E-state index contributed by atoms with van der Waals surface area (Å²) in [6.45, 7) is 0.0435. The predicted octanol–water partition coefficient (Wildman–Crippen LogP) is 6.06. The van der Waals surface area contributed by atoms with Gasteiger partial charge in [0.05, 0.1) is 43.1 Å². The van der Waals surface area contributed by atoms with Gasteiger partial charge < -0.3 is 14.5 Å². The highest BCUT2D eigenvalue weighted by atomic mass is 35.5. The molecule has 0 aliphatic carbocycles. The highest BCUT2D eigenvalue weighted by Crippen LogP contribution is 2.34. The van der Waals surface area contributed by atoms with E-state index in [4.69, 9.17) is 25.9 Å². The molecule has 5 aromatic rings. The van der Waals surface area contributed by atoms with E-state index in [1.54, 1.807) is 54.1 Å². The molecule has 1 aliphatic heterocycles. The summed E-state index contributed by atoms with van der Waals surface area (Å²) in [5.41, 5.74) is 3.00. The maximum absolute atomic E-state index is 13.8. The molecule has 1 N–H and O–H groups in total. The fourth-order valence-corrected chi connectivity index (χ4v) is 5.88. The molecule has 228 valence electrons. The van der Waals surface area contributed by atoms with Crippen LogP contribution in [0.5, 0.6) is 5.75 Å². The molecule has 0 spiro atoms. The van der Waals surface area contributed by atoms with Crippen molar-refractivity contribution in [2.75, 3.05) is 12.9 Å². The fraction of sp³-hybridized carbons (Fsp3) is 0.156. The van der Waals surface area contributed by atoms with Crippen LogP contribution in [0.15, 0.2) is 106 Å². The first-order chi connectivity index (χ1) is 21.9. The van der Waals surface area contributed by atoms with Crippen molar-refractivity contribution in [3.63, 3.8) is 0 Å². The number of benzene rings is 3. The van der Waals surface area contributed by atoms with E-state index in [9.17, 15) is 14.0 Å². The summed E-state index contributed by atoms with van der Waals surface area (Å²) >= 11 is 7.47. The number of halogens is 2. The number of nitrogens with zero attached hydrogens (tertiary/aromatic N) is 5. The number of thioether (sulfide) groups is 1. The fourth-order valence-electron chi connectivity index (χ4n) is 4.87. The molecular formula is C32H26ClFN6O4S. The molecule has 0 saturated heterocycles. The van der Waals surface area contributed by atoms with E-state index >= 15 is 0 Å². The molecule has 0 fully saturated rings. The Morgan fingerprint density at radius 1 is 1.07 bits per heavy atom. The van der Waals surface area contributed by atoms with Crippen LogP contribution >= 0.6 is 23.4 Å². The molecule has 0 unspecified atom stereocenters. The largest absolute Gasteiger partial charge is 0.497 e. The van der Waals surface area contributed by atoms with Gasteiger partial charge in [-0.3, -0.25) is 14.2 Å². The Balaban J connectivity index is 1.25. The number of ether oxygens (including phenoxy) is 1. The first-order valence-electron chi connectivity index (χ1n) is 13.8. The monoisotopic (exact) mass is 644 g/mol. The van der Waals surface area contributed by atoms with Crippen LogP contribution in [0.25, 0.3) is 5.69 Å². The molecule has 3 aromatic carbocycles. The number of carbonyl (C=O) groups is 2. The van der Waals surface area contributed by atoms with Gasteiger partial charge in [0.2, 0.25) is 0 Å². The number of hydrogen-bond acceptors (Lipinski definition) is 8. The van der Waals surface area contributed by atoms with Crippen molar-refractivity contribution in [1.29, 1.82) is 0 Å². The van der Waals surface area contributed by atoms with Crippen molar-refractivity contribution in [2.45, 2.75) is 24.2 Å². The molecule has 0 saturated carbocycles. The van der Waals surface area contributed by atoms with Crippen molar-refractivity contribution in [3.05, 3.63) is 125 Å². The van der Waals surface area contributed by atoms with Gasteiger partial charge in [0.15, 0.2) is 16.7 Å². The summed E-state index contributed by atoms with van der Waals surface area (Å²) < 4.78 is 25.9. The molecule has 1 aliphatic rings. The molecule has 6 rings (SSSR count). The van der Waals surface area contributed by atoms with Crippen LogP contribution in [0.3, 0.4) is 0 Å². The summed E-state index contributed by atoms with van der Waals surface area (Å²) in [6, 6.07) is 23.4. The Labute approximate surface area is 266 Å². The minimum absolute atomic E-state index is 0.0193. The van der Waals surface area contributed by atoms with E-state index in [0.29, 0.717) is 33.9 Å². The first kappa shape index (κ1) is 30.1. The lowest BCUT2D eigenvalue weighted by Gasteiger charge is -2.22. The summed E-state index contributed by atoms with van der Waals surface area (Å²) in [7, 11) is 1.60. The molecule has 45 heavy (non-hydrogen) atoms. The van der Waals surface area contributed by atoms with Crippen LogP contribution in [-0.2, 0) is 11.3 Å². The number of methoxy groups -OCH3 is 1. The lowest BCUT2D eigenvalue weighted by atomic mass is 9.98. The third kappa shape index (κ3) is 6.76. The normalized spacial score (nSPS) is 14.3. The second-order valence-corrected chi connectivity index (χ2v) is 11.3. The summed E-state index contributed by atoms with van der Waals surface area (Å²) in [4.78, 5) is 26.3. The zero-order valence-electron chi connectivity index (χ0n) is 23.9. The molecule has 2 amide bonds. The van der Waals surface area contributed by atoms with Gasteiger partial charge in [-0.15, -0.1) is 10.2 Å². The Kier molecular flexibility index (Phi) is 8.94. The van der Waals surface area contributed by atoms with Gasteiger partial charge in [-0.25, -0.2) is 9.40 Å². The maximum atomic E-state index is 13.8. The Morgan fingerprint density at radius 3 is 2.58 bits per heavy atom. The zero-order chi connectivity index (χ0) is 31.3. The first-order valence-corrected chi connectivity index (χ1v) is 15.2. The minimum atomic E-state index is -0.422. The number of hydrogen-bond donors (Lipinski definition) is 1. The molecule has 1 atom stereocenters. The van der Waals surface area contributed by atoms with Crippen LogP contribution in [0.2, 0.25) is 5.02 Å². The molecular weight excluding hydrogens is 619 g/mol. The summed E-state index contributed by atoms with van der Waals surface area (Å²) in [6.07, 6.45) is 1.87. The van der Waals surface area contributed by atoms with Crippen molar-refractivity contribution in [3.8, 4) is 11.4 Å². The molecule has 10 nitrogen and oxygen atoms in total. The van der Waals surface area contributed by atoms with E-state index < -0.39 is 11.9 Å². The van der Waals surface area contributed by atoms with Gasteiger partial charge in [-0.2, -0.15) is 5.10 Å². The van der Waals surface area contributed by atoms with Crippen LogP contribution in [0.4, 0.5) is 4.39 Å². The number of furan rings is 1. The average Bonchev–Trinajstić information content (AvgIpc) is 3.83. The number of rotatable bonds is 10. The van der Waals surface area contributed by atoms with Crippen molar-refractivity contribution in [1.82, 2.24) is 25.1 Å². The van der Waals surface area contributed by atoms with Crippen LogP contribution < -0.4 is 10.1 Å². The van der Waals surface area contributed by atoms with Gasteiger partial charge >= 0.3 is 0 Å². The average molecular weight is 645 g/mol. The Bertz CT molecular complexity index is 1840. The standard InChI is InChI=1S/C32H26ClFN6O4S/c1-43-25-13-9-20(10-14-25)26-17-27(21-7-11-23(34)12-8-21)40(38-26)30(41)19-45-32-37-36-29(18-35-31(42)28-6-3-15-44-28)39(32)24-5-2-4-22(33)16-24/h2-16,27H,17-19H2,1H3,(H,35,42)/t27-/m0/s1. The lowest BCUT2D eigenvalue weighted by molar-refractivity contribution is -0.130. The summed E-state index contributed by atoms with van der Waals surface area (Å²) in [5, 5.41) is 18.5. The Hall–Kier alpha value is -4.94. The number of amides is 2. The molecule has 13 heteroatoms. The van der Waals surface area contributed by atoms with Crippen LogP contribution in [-0.4, -0.2) is 50.2 Å². The van der Waals surface area contributed by atoms with E-state index in [1.165, 1.54) is 35.2 Å². The van der Waals surface area contributed by atoms with Crippen molar-refractivity contribution < 1.29 is 23.1 Å². The molecule has 0 bridgehead atoms. The van der Waals surface area contributed by atoms with E-state index in [0.717, 1.165) is 16.8 Å². The molecule has 3 heterocycles. The third-order valence-electron chi connectivity index (χ3n) is 7.09. The summed E-state index contributed by atoms with van der Waals surface area (Å²) in [5.74, 6) is 0.243. The predicted molar refractivity (Wildman–Crippen MR) is 167 cm³/mol. The highest BCUT2D eigenvalue weighted by Gasteiger charge is 2.33. The smallest absolute Gasteiger partial charge is 0.287 e. The van der Waals surface area contributed by atoms with Gasteiger partial charge in [0, 0.05) is 11.4 Å². The van der Waals surface area contributed by atoms with E-state index in [-0.39, 0.29) is 29.8 Å². The number of nitrogens with one attached hydrogen (secondary N) is 1. The van der Waals surface area contributed by atoms with Crippen LogP contribution in [0.1, 0.15) is 40.0 Å².